The Balaban J connectivity index is 2.46. The van der Waals surface area contributed by atoms with Crippen LogP contribution in [-0.2, 0) is 6.42 Å². The summed E-state index contributed by atoms with van der Waals surface area (Å²) in [5, 5.41) is 4.85. The van der Waals surface area contributed by atoms with Gasteiger partial charge in [0.25, 0.3) is 0 Å². The van der Waals surface area contributed by atoms with E-state index in [-0.39, 0.29) is 0 Å². The number of ether oxygens (including phenoxy) is 1. The molecule has 1 nitrogen and oxygen atoms in total. The molecule has 0 aliphatic heterocycles. The number of benzene rings is 3. The van der Waals surface area contributed by atoms with Gasteiger partial charge in [-0.25, -0.2) is 0 Å². The van der Waals surface area contributed by atoms with Crippen LogP contribution in [0.1, 0.15) is 12.5 Å². The Labute approximate surface area is 107 Å². The second kappa shape index (κ2) is 4.34. The van der Waals surface area contributed by atoms with E-state index in [1.54, 1.807) is 7.11 Å². The summed E-state index contributed by atoms with van der Waals surface area (Å²) in [6.45, 7) is 2.18. The third kappa shape index (κ3) is 1.63. The molecule has 0 unspecified atom stereocenters. The zero-order valence-electron chi connectivity index (χ0n) is 10.7. The van der Waals surface area contributed by atoms with Gasteiger partial charge in [-0.1, -0.05) is 43.3 Å². The van der Waals surface area contributed by atoms with Crippen LogP contribution >= 0.6 is 0 Å². The first-order chi connectivity index (χ1) is 8.83. The lowest BCUT2D eigenvalue weighted by Gasteiger charge is -2.11. The Morgan fingerprint density at radius 3 is 2.44 bits per heavy atom. The van der Waals surface area contributed by atoms with Gasteiger partial charge in [0, 0.05) is 10.8 Å². The highest BCUT2D eigenvalue weighted by Crippen LogP contribution is 2.35. The van der Waals surface area contributed by atoms with Gasteiger partial charge in [0.05, 0.1) is 7.11 Å². The van der Waals surface area contributed by atoms with Crippen LogP contribution < -0.4 is 4.74 Å². The van der Waals surface area contributed by atoms with Crippen molar-refractivity contribution in [3.8, 4) is 5.75 Å². The summed E-state index contributed by atoms with van der Waals surface area (Å²) in [5.74, 6) is 0.985. The molecule has 0 fully saturated rings. The molecule has 0 atom stereocenters. The number of fused-ring (bicyclic) bond motifs is 2. The van der Waals surface area contributed by atoms with Crippen molar-refractivity contribution in [2.24, 2.45) is 0 Å². The van der Waals surface area contributed by atoms with Gasteiger partial charge in [-0.2, -0.15) is 0 Å². The molecule has 0 saturated heterocycles. The van der Waals surface area contributed by atoms with Crippen molar-refractivity contribution in [1.29, 1.82) is 0 Å². The number of hydrogen-bond donors (Lipinski definition) is 0. The molecular weight excluding hydrogens is 220 g/mol. The van der Waals surface area contributed by atoms with Gasteiger partial charge < -0.3 is 4.74 Å². The molecule has 0 radical (unpaired) electrons. The molecule has 3 aromatic rings. The first kappa shape index (κ1) is 11.1. The highest BCUT2D eigenvalue weighted by atomic mass is 16.5. The molecule has 0 aliphatic rings. The molecule has 90 valence electrons. The van der Waals surface area contributed by atoms with E-state index in [1.165, 1.54) is 27.1 Å². The van der Waals surface area contributed by atoms with Crippen LogP contribution in [0.3, 0.4) is 0 Å². The largest absolute Gasteiger partial charge is 0.495 e. The molecule has 0 bridgehead atoms. The van der Waals surface area contributed by atoms with Crippen molar-refractivity contribution in [3.63, 3.8) is 0 Å². The van der Waals surface area contributed by atoms with Gasteiger partial charge in [-0.15, -0.1) is 0 Å². The highest BCUT2D eigenvalue weighted by Gasteiger charge is 2.07. The summed E-state index contributed by atoms with van der Waals surface area (Å²) in [6.07, 6.45) is 1.05. The Morgan fingerprint density at radius 2 is 1.67 bits per heavy atom. The van der Waals surface area contributed by atoms with E-state index in [1.807, 2.05) is 0 Å². The smallest absolute Gasteiger partial charge is 0.134 e. The van der Waals surface area contributed by atoms with Crippen molar-refractivity contribution >= 4 is 21.5 Å². The molecule has 0 aromatic heterocycles. The zero-order valence-corrected chi connectivity index (χ0v) is 10.7. The molecule has 0 saturated carbocycles. The lowest BCUT2D eigenvalue weighted by Crippen LogP contribution is -1.89. The standard InChI is InChI=1S/C17H16O/c1-3-12-8-9-14-11-13-6-4-5-7-15(13)17(18-2)16(14)10-12/h4-11H,3H2,1-2H3. The summed E-state index contributed by atoms with van der Waals surface area (Å²) < 4.78 is 5.64. The Bertz CT molecular complexity index is 713. The third-order valence-corrected chi connectivity index (χ3v) is 3.49. The number of rotatable bonds is 2. The normalized spacial score (nSPS) is 11.0. The van der Waals surface area contributed by atoms with Gasteiger partial charge in [0.15, 0.2) is 0 Å². The minimum Gasteiger partial charge on any atom is -0.495 e. The van der Waals surface area contributed by atoms with E-state index in [0.29, 0.717) is 0 Å². The van der Waals surface area contributed by atoms with Gasteiger partial charge in [-0.3, -0.25) is 0 Å². The SMILES string of the molecule is CCc1ccc2cc3ccccc3c(OC)c2c1. The van der Waals surface area contributed by atoms with E-state index < -0.39 is 0 Å². The van der Waals surface area contributed by atoms with Crippen molar-refractivity contribution in [3.05, 3.63) is 54.1 Å². The van der Waals surface area contributed by atoms with Gasteiger partial charge in [-0.05, 0) is 34.9 Å². The molecule has 1 heteroatoms. The number of hydrogen-bond acceptors (Lipinski definition) is 1. The van der Waals surface area contributed by atoms with Crippen LogP contribution in [0.25, 0.3) is 21.5 Å². The fraction of sp³-hybridized carbons (Fsp3) is 0.176. The van der Waals surface area contributed by atoms with Gasteiger partial charge in [0.1, 0.15) is 5.75 Å². The monoisotopic (exact) mass is 236 g/mol. The minimum absolute atomic E-state index is 0.985. The van der Waals surface area contributed by atoms with E-state index in [4.69, 9.17) is 4.74 Å². The molecule has 0 heterocycles. The van der Waals surface area contributed by atoms with Gasteiger partial charge in [0.2, 0.25) is 0 Å². The van der Waals surface area contributed by atoms with Crippen molar-refractivity contribution < 1.29 is 4.74 Å². The first-order valence-electron chi connectivity index (χ1n) is 6.32. The molecule has 3 rings (SSSR count). The minimum atomic E-state index is 0.985. The predicted octanol–water partition coefficient (Wildman–Crippen LogP) is 4.56. The summed E-state index contributed by atoms with van der Waals surface area (Å²) in [7, 11) is 1.75. The van der Waals surface area contributed by atoms with E-state index >= 15 is 0 Å². The summed E-state index contributed by atoms with van der Waals surface area (Å²) >= 11 is 0. The fourth-order valence-electron chi connectivity index (χ4n) is 2.51. The maximum Gasteiger partial charge on any atom is 0.134 e. The van der Waals surface area contributed by atoms with E-state index in [2.05, 4.69) is 55.5 Å². The first-order valence-corrected chi connectivity index (χ1v) is 6.32. The van der Waals surface area contributed by atoms with Crippen LogP contribution in [0.15, 0.2) is 48.5 Å². The van der Waals surface area contributed by atoms with Crippen LogP contribution in [0.2, 0.25) is 0 Å². The van der Waals surface area contributed by atoms with E-state index in [0.717, 1.165) is 12.2 Å². The van der Waals surface area contributed by atoms with Crippen molar-refractivity contribution in [2.75, 3.05) is 7.11 Å². The molecule has 0 spiro atoms. The van der Waals surface area contributed by atoms with Crippen molar-refractivity contribution in [1.82, 2.24) is 0 Å². The quantitative estimate of drug-likeness (QED) is 0.592. The fourth-order valence-corrected chi connectivity index (χ4v) is 2.51. The van der Waals surface area contributed by atoms with Crippen LogP contribution in [0.4, 0.5) is 0 Å². The zero-order chi connectivity index (χ0) is 12.5. The molecule has 0 N–H and O–H groups in total. The van der Waals surface area contributed by atoms with Gasteiger partial charge >= 0.3 is 0 Å². The molecular formula is C17H16O. The highest BCUT2D eigenvalue weighted by molar-refractivity contribution is 6.05. The Hall–Kier alpha value is -2.02. The lowest BCUT2D eigenvalue weighted by atomic mass is 9.99. The third-order valence-electron chi connectivity index (χ3n) is 3.49. The molecule has 18 heavy (non-hydrogen) atoms. The molecule has 3 aromatic carbocycles. The predicted molar refractivity (Wildman–Crippen MR) is 77.4 cm³/mol. The average molecular weight is 236 g/mol. The van der Waals surface area contributed by atoms with Crippen molar-refractivity contribution in [2.45, 2.75) is 13.3 Å². The molecule has 0 aliphatic carbocycles. The van der Waals surface area contributed by atoms with Crippen LogP contribution in [0, 0.1) is 0 Å². The molecule has 0 amide bonds. The maximum atomic E-state index is 5.64. The second-order valence-corrected chi connectivity index (χ2v) is 4.54. The summed E-state index contributed by atoms with van der Waals surface area (Å²) in [6, 6.07) is 17.2. The number of aryl methyl sites for hydroxylation is 1. The van der Waals surface area contributed by atoms with Crippen LogP contribution in [-0.4, -0.2) is 7.11 Å². The lowest BCUT2D eigenvalue weighted by molar-refractivity contribution is 0.424. The Morgan fingerprint density at radius 1 is 0.889 bits per heavy atom. The summed E-state index contributed by atoms with van der Waals surface area (Å²) in [5.41, 5.74) is 1.34. The topological polar surface area (TPSA) is 9.23 Å². The number of methoxy groups -OCH3 is 1. The average Bonchev–Trinajstić information content (AvgIpc) is 2.44. The van der Waals surface area contributed by atoms with Crippen LogP contribution in [0.5, 0.6) is 5.75 Å². The Kier molecular flexibility index (Phi) is 2.67. The van der Waals surface area contributed by atoms with E-state index in [9.17, 15) is 0 Å². The maximum absolute atomic E-state index is 5.64. The summed E-state index contributed by atoms with van der Waals surface area (Å²) in [4.78, 5) is 0. The second-order valence-electron chi connectivity index (χ2n) is 4.54.